The molecule has 3 heterocycles. The van der Waals surface area contributed by atoms with Crippen molar-refractivity contribution in [2.24, 2.45) is 14.1 Å². The van der Waals surface area contributed by atoms with Crippen LogP contribution >= 0.6 is 0 Å². The number of carbonyl (C=O) groups excluding carboxylic acids is 1. The summed E-state index contributed by atoms with van der Waals surface area (Å²) >= 11 is 0. The number of halogens is 1. The lowest BCUT2D eigenvalue weighted by Crippen LogP contribution is -2.37. The minimum absolute atomic E-state index is 0.114. The molecule has 0 unspecified atom stereocenters. The van der Waals surface area contributed by atoms with Crippen LogP contribution in [0.2, 0.25) is 0 Å². The Bertz CT molecular complexity index is 1440. The molecular formula is C21H20FN5O3. The number of benzene rings is 1. The Balaban J connectivity index is 1.77. The Morgan fingerprint density at radius 3 is 2.53 bits per heavy atom. The van der Waals surface area contributed by atoms with Crippen LogP contribution in [0.25, 0.3) is 16.9 Å². The van der Waals surface area contributed by atoms with Gasteiger partial charge in [0, 0.05) is 36.7 Å². The summed E-state index contributed by atoms with van der Waals surface area (Å²) in [5.74, 6) is -0.583. The summed E-state index contributed by atoms with van der Waals surface area (Å²) in [4.78, 5) is 41.9. The van der Waals surface area contributed by atoms with E-state index in [0.29, 0.717) is 16.9 Å². The van der Waals surface area contributed by atoms with Crippen molar-refractivity contribution in [2.75, 3.05) is 0 Å². The molecule has 0 aliphatic carbocycles. The number of imidazole rings is 1. The average molecular weight is 409 g/mol. The van der Waals surface area contributed by atoms with Gasteiger partial charge in [-0.25, -0.2) is 14.2 Å². The van der Waals surface area contributed by atoms with Gasteiger partial charge in [0.1, 0.15) is 5.82 Å². The first-order chi connectivity index (χ1) is 14.2. The second-order valence-electron chi connectivity index (χ2n) is 7.27. The number of nitrogens with zero attached hydrogens (tertiary/aromatic N) is 5. The van der Waals surface area contributed by atoms with Crippen LogP contribution in [-0.4, -0.2) is 29.0 Å². The zero-order chi connectivity index (χ0) is 21.7. The van der Waals surface area contributed by atoms with E-state index in [4.69, 9.17) is 0 Å². The fourth-order valence-corrected chi connectivity index (χ4v) is 3.81. The maximum absolute atomic E-state index is 13.7. The molecule has 4 aromatic rings. The third kappa shape index (κ3) is 2.90. The third-order valence-corrected chi connectivity index (χ3v) is 5.33. The van der Waals surface area contributed by atoms with E-state index in [1.807, 2.05) is 11.5 Å². The van der Waals surface area contributed by atoms with Gasteiger partial charge in [-0.3, -0.25) is 18.7 Å². The lowest BCUT2D eigenvalue weighted by Gasteiger charge is -2.10. The molecule has 0 radical (unpaired) electrons. The second kappa shape index (κ2) is 6.94. The molecule has 3 aromatic heterocycles. The van der Waals surface area contributed by atoms with Gasteiger partial charge in [-0.1, -0.05) is 6.07 Å². The van der Waals surface area contributed by atoms with Crippen molar-refractivity contribution < 1.29 is 9.18 Å². The summed E-state index contributed by atoms with van der Waals surface area (Å²) in [7, 11) is 2.91. The predicted octanol–water partition coefficient (Wildman–Crippen LogP) is 1.86. The molecule has 0 saturated carbocycles. The highest BCUT2D eigenvalue weighted by molar-refractivity contribution is 5.98. The average Bonchev–Trinajstić information content (AvgIpc) is 3.25. The lowest BCUT2D eigenvalue weighted by molar-refractivity contribution is 0.0972. The van der Waals surface area contributed by atoms with Crippen molar-refractivity contribution in [3.05, 3.63) is 80.3 Å². The van der Waals surface area contributed by atoms with Crippen LogP contribution in [0.1, 0.15) is 21.7 Å². The van der Waals surface area contributed by atoms with E-state index < -0.39 is 11.2 Å². The molecule has 0 atom stereocenters. The molecule has 0 spiro atoms. The standard InChI is InChI=1S/C21H20FN5O3/c1-12-8-16(13(2)27(12)15-7-5-6-14(22)9-15)17(28)10-26-11-23-19-18(26)20(29)25(4)21(30)24(19)3/h5-9,11H,10H2,1-4H3. The minimum atomic E-state index is -0.511. The molecule has 30 heavy (non-hydrogen) atoms. The van der Waals surface area contributed by atoms with Crippen LogP contribution < -0.4 is 11.2 Å². The van der Waals surface area contributed by atoms with Crippen LogP contribution in [0.3, 0.4) is 0 Å². The fourth-order valence-electron chi connectivity index (χ4n) is 3.81. The first-order valence-electron chi connectivity index (χ1n) is 9.29. The maximum Gasteiger partial charge on any atom is 0.332 e. The van der Waals surface area contributed by atoms with Crippen molar-refractivity contribution in [1.29, 1.82) is 0 Å². The number of hydrogen-bond acceptors (Lipinski definition) is 4. The van der Waals surface area contributed by atoms with Crippen molar-refractivity contribution >= 4 is 16.9 Å². The summed E-state index contributed by atoms with van der Waals surface area (Å²) in [6.07, 6.45) is 1.38. The number of fused-ring (bicyclic) bond motifs is 1. The maximum atomic E-state index is 13.7. The van der Waals surface area contributed by atoms with Crippen LogP contribution in [0.15, 0.2) is 46.2 Å². The number of ketones is 1. The molecule has 0 aliphatic heterocycles. The van der Waals surface area contributed by atoms with Crippen LogP contribution in [0.4, 0.5) is 4.39 Å². The third-order valence-electron chi connectivity index (χ3n) is 5.33. The molecule has 1 aromatic carbocycles. The van der Waals surface area contributed by atoms with E-state index in [-0.39, 0.29) is 29.3 Å². The van der Waals surface area contributed by atoms with Crippen molar-refractivity contribution in [3.8, 4) is 5.69 Å². The number of Topliss-reactive ketones (excluding diaryl/α,β-unsaturated/α-hetero) is 1. The zero-order valence-electron chi connectivity index (χ0n) is 17.0. The van der Waals surface area contributed by atoms with E-state index in [1.165, 1.54) is 41.7 Å². The highest BCUT2D eigenvalue weighted by atomic mass is 19.1. The van der Waals surface area contributed by atoms with Crippen LogP contribution in [0.5, 0.6) is 0 Å². The molecule has 0 aliphatic rings. The van der Waals surface area contributed by atoms with Crippen molar-refractivity contribution in [1.82, 2.24) is 23.3 Å². The van der Waals surface area contributed by atoms with E-state index in [9.17, 15) is 18.8 Å². The van der Waals surface area contributed by atoms with Gasteiger partial charge in [0.2, 0.25) is 0 Å². The molecule has 0 amide bonds. The minimum Gasteiger partial charge on any atom is -0.318 e. The van der Waals surface area contributed by atoms with E-state index in [1.54, 1.807) is 25.1 Å². The number of aromatic nitrogens is 5. The lowest BCUT2D eigenvalue weighted by atomic mass is 10.1. The fraction of sp³-hybridized carbons (Fsp3) is 0.238. The monoisotopic (exact) mass is 409 g/mol. The Kier molecular flexibility index (Phi) is 4.53. The Labute approximate surface area is 170 Å². The topological polar surface area (TPSA) is 83.8 Å². The zero-order valence-corrected chi connectivity index (χ0v) is 17.0. The summed E-state index contributed by atoms with van der Waals surface area (Å²) < 4.78 is 19.2. The van der Waals surface area contributed by atoms with Crippen molar-refractivity contribution in [2.45, 2.75) is 20.4 Å². The Hall–Kier alpha value is -3.75. The molecule has 9 heteroatoms. The van der Waals surface area contributed by atoms with Gasteiger partial charge in [-0.2, -0.15) is 0 Å². The summed E-state index contributed by atoms with van der Waals surface area (Å²) in [6, 6.07) is 7.90. The normalized spacial score (nSPS) is 11.4. The van der Waals surface area contributed by atoms with Gasteiger partial charge in [-0.05, 0) is 38.1 Å². The van der Waals surface area contributed by atoms with E-state index in [0.717, 1.165) is 10.3 Å². The first kappa shape index (κ1) is 19.6. The first-order valence-corrected chi connectivity index (χ1v) is 9.29. The van der Waals surface area contributed by atoms with E-state index >= 15 is 0 Å². The predicted molar refractivity (Wildman–Crippen MR) is 110 cm³/mol. The van der Waals surface area contributed by atoms with Gasteiger partial charge in [0.05, 0.1) is 12.9 Å². The summed E-state index contributed by atoms with van der Waals surface area (Å²) in [6.45, 7) is 3.52. The Morgan fingerprint density at radius 1 is 1.10 bits per heavy atom. The van der Waals surface area contributed by atoms with Crippen molar-refractivity contribution in [3.63, 3.8) is 0 Å². The SMILES string of the molecule is Cc1cc(C(=O)Cn2cnc3c2c(=O)n(C)c(=O)n3C)c(C)n1-c1cccc(F)c1. The highest BCUT2D eigenvalue weighted by Gasteiger charge is 2.20. The molecule has 8 nitrogen and oxygen atoms in total. The van der Waals surface area contributed by atoms with Gasteiger partial charge < -0.3 is 9.13 Å². The largest absolute Gasteiger partial charge is 0.332 e. The van der Waals surface area contributed by atoms with Gasteiger partial charge in [0.15, 0.2) is 16.9 Å². The molecule has 0 N–H and O–H groups in total. The van der Waals surface area contributed by atoms with Crippen LogP contribution in [-0.2, 0) is 20.6 Å². The number of hydrogen-bond donors (Lipinski definition) is 0. The summed E-state index contributed by atoms with van der Waals surface area (Å²) in [5.41, 5.74) is 1.98. The molecule has 0 bridgehead atoms. The molecular weight excluding hydrogens is 389 g/mol. The molecule has 0 saturated heterocycles. The quantitative estimate of drug-likeness (QED) is 0.482. The molecule has 4 rings (SSSR count). The summed E-state index contributed by atoms with van der Waals surface area (Å²) in [5, 5.41) is 0. The second-order valence-corrected chi connectivity index (χ2v) is 7.27. The van der Waals surface area contributed by atoms with Gasteiger partial charge >= 0.3 is 5.69 Å². The highest BCUT2D eigenvalue weighted by Crippen LogP contribution is 2.22. The van der Waals surface area contributed by atoms with Gasteiger partial charge in [-0.15, -0.1) is 0 Å². The Morgan fingerprint density at radius 2 is 1.83 bits per heavy atom. The smallest absolute Gasteiger partial charge is 0.318 e. The van der Waals surface area contributed by atoms with E-state index in [2.05, 4.69) is 4.98 Å². The number of carbonyl (C=O) groups is 1. The molecule has 0 fully saturated rings. The van der Waals surface area contributed by atoms with Crippen LogP contribution in [0, 0.1) is 19.7 Å². The number of aryl methyl sites for hydroxylation is 2. The van der Waals surface area contributed by atoms with Gasteiger partial charge in [0.25, 0.3) is 5.56 Å². The number of rotatable bonds is 4. The molecule has 154 valence electrons.